The minimum atomic E-state index is -2.52. The molecule has 1 fully saturated rings. The molecule has 1 aliphatic rings. The Labute approximate surface area is 204 Å². The van der Waals surface area contributed by atoms with Crippen LogP contribution in [0.25, 0.3) is 11.1 Å². The molecular weight excluding hydrogens is 428 g/mol. The molecule has 1 aliphatic heterocycles. The number of hydrogen-bond acceptors (Lipinski definition) is 4. The van der Waals surface area contributed by atoms with E-state index in [-0.39, 0.29) is 12.5 Å². The molecule has 4 rings (SSSR count). The lowest BCUT2D eigenvalue weighted by molar-refractivity contribution is -0.101. The molecule has 2 heterocycles. The smallest absolute Gasteiger partial charge is 0.411 e. The third-order valence-corrected chi connectivity index (χ3v) is 6.41. The first-order valence-electron chi connectivity index (χ1n) is 12.9. The van der Waals surface area contributed by atoms with Gasteiger partial charge in [-0.1, -0.05) is 54.6 Å². The van der Waals surface area contributed by atoms with E-state index >= 15 is 0 Å². The maximum atomic E-state index is 13.3. The number of aromatic nitrogens is 1. The van der Waals surface area contributed by atoms with Crippen molar-refractivity contribution in [1.82, 2.24) is 9.47 Å². The summed E-state index contributed by atoms with van der Waals surface area (Å²) in [6, 6.07) is 19.7. The van der Waals surface area contributed by atoms with Gasteiger partial charge in [0.15, 0.2) is 0 Å². The quantitative estimate of drug-likeness (QED) is 0.558. The van der Waals surface area contributed by atoms with Crippen LogP contribution in [-0.2, 0) is 17.3 Å². The molecule has 1 N–H and O–H groups in total. The molecule has 34 heavy (non-hydrogen) atoms. The fourth-order valence-corrected chi connectivity index (χ4v) is 4.68. The van der Waals surface area contributed by atoms with Gasteiger partial charge >= 0.3 is 6.09 Å². The lowest BCUT2D eigenvalue weighted by Gasteiger charge is -2.45. The third kappa shape index (κ3) is 4.92. The molecule has 178 valence electrons. The Kier molecular flexibility index (Phi) is 5.36. The zero-order valence-electron chi connectivity index (χ0n) is 22.7. The van der Waals surface area contributed by atoms with E-state index < -0.39 is 29.8 Å². The van der Waals surface area contributed by atoms with Crippen molar-refractivity contribution >= 4 is 6.09 Å². The number of aryl methyl sites for hydroxylation is 1. The zero-order chi connectivity index (χ0) is 27.0. The Balaban J connectivity index is 1.53. The lowest BCUT2D eigenvalue weighted by Crippen LogP contribution is -2.51. The summed E-state index contributed by atoms with van der Waals surface area (Å²) in [5.41, 5.74) is 0.601. The Morgan fingerprint density at radius 1 is 1.09 bits per heavy atom. The Morgan fingerprint density at radius 2 is 1.79 bits per heavy atom. The average molecular weight is 464 g/mol. The highest BCUT2D eigenvalue weighted by atomic mass is 16.6. The van der Waals surface area contributed by atoms with Crippen LogP contribution in [0, 0.1) is 0 Å². The minimum absolute atomic E-state index is 0.263. The summed E-state index contributed by atoms with van der Waals surface area (Å²) < 4.78 is 29.1. The molecule has 0 spiro atoms. The number of benzene rings is 2. The van der Waals surface area contributed by atoms with Gasteiger partial charge in [0.05, 0.1) is 11.6 Å². The van der Waals surface area contributed by atoms with E-state index in [0.717, 1.165) is 21.3 Å². The van der Waals surface area contributed by atoms with Crippen molar-refractivity contribution < 1.29 is 18.8 Å². The SMILES string of the molecule is [2H]C([2H])([2H])n1ccc(-c2ccc([C@H](C)N3CCC(CC(C)(C)O)(c4ccccc4)OC3=O)cc2)cc1=O. The maximum absolute atomic E-state index is 13.3. The van der Waals surface area contributed by atoms with Crippen LogP contribution in [0.5, 0.6) is 0 Å². The number of ether oxygens (including phenoxy) is 1. The largest absolute Gasteiger partial charge is 0.438 e. The third-order valence-electron chi connectivity index (χ3n) is 6.41. The first kappa shape index (κ1) is 20.0. The molecule has 0 bridgehead atoms. The molecule has 1 amide bonds. The molecule has 6 nitrogen and oxygen atoms in total. The molecule has 2 atom stereocenters. The van der Waals surface area contributed by atoms with Gasteiger partial charge in [-0.05, 0) is 49.1 Å². The Bertz CT molecular complexity index is 1310. The standard InChI is InChI=1S/C28H32N2O4/c1-20(21-10-12-22(13-11-21)23-14-16-29(4)25(31)18-23)30-17-15-28(34-26(30)32,19-27(2,3)33)24-8-6-5-7-9-24/h5-14,16,18,20,33H,15,17,19H2,1-4H3/t20-,28?/m0/s1/i4D3. The molecule has 2 aromatic carbocycles. The van der Waals surface area contributed by atoms with Gasteiger partial charge in [0.1, 0.15) is 5.60 Å². The molecule has 3 aromatic rings. The van der Waals surface area contributed by atoms with Gasteiger partial charge in [0.2, 0.25) is 0 Å². The van der Waals surface area contributed by atoms with Crippen molar-refractivity contribution in [3.8, 4) is 11.1 Å². The summed E-state index contributed by atoms with van der Waals surface area (Å²) >= 11 is 0. The second-order valence-electron chi connectivity index (χ2n) is 9.58. The van der Waals surface area contributed by atoms with E-state index in [1.54, 1.807) is 24.8 Å². The number of carbonyl (C=O) groups is 1. The topological polar surface area (TPSA) is 71.8 Å². The highest BCUT2D eigenvalue weighted by molar-refractivity contribution is 5.70. The van der Waals surface area contributed by atoms with E-state index in [2.05, 4.69) is 0 Å². The number of pyridine rings is 1. The van der Waals surface area contributed by atoms with Gasteiger partial charge in [-0.25, -0.2) is 4.79 Å². The molecular formula is C28H32N2O4. The number of rotatable bonds is 6. The summed E-state index contributed by atoms with van der Waals surface area (Å²) in [5, 5.41) is 10.6. The number of cyclic esters (lactones) is 1. The van der Waals surface area contributed by atoms with Crippen LogP contribution in [0.3, 0.4) is 0 Å². The van der Waals surface area contributed by atoms with E-state index in [1.807, 2.05) is 61.5 Å². The van der Waals surface area contributed by atoms with Crippen molar-refractivity contribution in [1.29, 1.82) is 0 Å². The van der Waals surface area contributed by atoms with Crippen LogP contribution >= 0.6 is 0 Å². The highest BCUT2D eigenvalue weighted by Crippen LogP contribution is 2.42. The summed E-state index contributed by atoms with van der Waals surface area (Å²) in [6.07, 6.45) is 1.66. The van der Waals surface area contributed by atoms with Crippen LogP contribution in [-0.4, -0.2) is 32.8 Å². The molecule has 1 unspecified atom stereocenters. The van der Waals surface area contributed by atoms with E-state index in [1.165, 1.54) is 12.3 Å². The fraction of sp³-hybridized carbons (Fsp3) is 0.357. The van der Waals surface area contributed by atoms with Crippen molar-refractivity contribution in [2.24, 2.45) is 6.98 Å². The highest BCUT2D eigenvalue weighted by Gasteiger charge is 2.46. The van der Waals surface area contributed by atoms with Crippen LogP contribution in [0.2, 0.25) is 0 Å². The van der Waals surface area contributed by atoms with Gasteiger partial charge in [-0.3, -0.25) is 4.79 Å². The van der Waals surface area contributed by atoms with Crippen molar-refractivity contribution in [2.75, 3.05) is 6.54 Å². The first-order chi connectivity index (χ1) is 17.3. The molecule has 6 heteroatoms. The van der Waals surface area contributed by atoms with Gasteiger partial charge < -0.3 is 19.3 Å². The second kappa shape index (κ2) is 9.11. The molecule has 1 aromatic heterocycles. The number of nitrogens with zero attached hydrogens (tertiary/aromatic N) is 2. The number of aliphatic hydroxyl groups is 1. The molecule has 0 radical (unpaired) electrons. The van der Waals surface area contributed by atoms with Gasteiger partial charge in [0, 0.05) is 42.7 Å². The van der Waals surface area contributed by atoms with Crippen LogP contribution in [0.4, 0.5) is 4.79 Å². The summed E-state index contributed by atoms with van der Waals surface area (Å²) in [5.74, 6) is 0. The van der Waals surface area contributed by atoms with Gasteiger partial charge in [-0.15, -0.1) is 0 Å². The first-order valence-corrected chi connectivity index (χ1v) is 11.4. The number of hydrogen-bond donors (Lipinski definition) is 1. The summed E-state index contributed by atoms with van der Waals surface area (Å²) in [7, 11) is 0. The zero-order valence-corrected chi connectivity index (χ0v) is 19.7. The predicted molar refractivity (Wildman–Crippen MR) is 132 cm³/mol. The van der Waals surface area contributed by atoms with Crippen LogP contribution < -0.4 is 5.56 Å². The van der Waals surface area contributed by atoms with Crippen LogP contribution in [0.1, 0.15) is 54.9 Å². The monoisotopic (exact) mass is 463 g/mol. The number of carbonyl (C=O) groups excluding carboxylic acids is 1. The summed E-state index contributed by atoms with van der Waals surface area (Å²) in [4.78, 5) is 27.2. The molecule has 0 saturated carbocycles. The summed E-state index contributed by atoms with van der Waals surface area (Å²) in [6.45, 7) is 3.29. The van der Waals surface area contributed by atoms with Gasteiger partial charge in [0.25, 0.3) is 5.56 Å². The van der Waals surface area contributed by atoms with Crippen molar-refractivity contribution in [3.05, 3.63) is 94.4 Å². The fourth-order valence-electron chi connectivity index (χ4n) is 4.68. The predicted octanol–water partition coefficient (Wildman–Crippen LogP) is 5.01. The second-order valence-corrected chi connectivity index (χ2v) is 9.58. The van der Waals surface area contributed by atoms with Crippen molar-refractivity contribution in [2.45, 2.75) is 50.9 Å². The maximum Gasteiger partial charge on any atom is 0.411 e. The van der Waals surface area contributed by atoms with E-state index in [0.29, 0.717) is 18.5 Å². The van der Waals surface area contributed by atoms with Crippen molar-refractivity contribution in [3.63, 3.8) is 0 Å². The Hall–Kier alpha value is -3.38. The normalized spacial score (nSPS) is 21.2. The lowest BCUT2D eigenvalue weighted by atomic mass is 9.80. The van der Waals surface area contributed by atoms with E-state index in [9.17, 15) is 14.7 Å². The Morgan fingerprint density at radius 3 is 2.38 bits per heavy atom. The molecule has 0 aliphatic carbocycles. The number of amides is 1. The molecule has 1 saturated heterocycles. The van der Waals surface area contributed by atoms with E-state index in [4.69, 9.17) is 8.85 Å². The minimum Gasteiger partial charge on any atom is -0.438 e. The van der Waals surface area contributed by atoms with Gasteiger partial charge in [-0.2, -0.15) is 0 Å². The van der Waals surface area contributed by atoms with Crippen LogP contribution in [0.15, 0.2) is 77.7 Å². The average Bonchev–Trinajstić information content (AvgIpc) is 2.82.